The molecule has 0 bridgehead atoms. The fourth-order valence-electron chi connectivity index (χ4n) is 6.96. The summed E-state index contributed by atoms with van der Waals surface area (Å²) in [5, 5.41) is 9.17. The van der Waals surface area contributed by atoms with Crippen LogP contribution >= 0.6 is 0 Å². The van der Waals surface area contributed by atoms with Crippen LogP contribution in [0.25, 0.3) is 22.2 Å². The Labute approximate surface area is 295 Å². The molecular formula is C38H39FN6O5S. The number of hydrogen-bond acceptors (Lipinski definition) is 8. The summed E-state index contributed by atoms with van der Waals surface area (Å²) >= 11 is 0. The van der Waals surface area contributed by atoms with Gasteiger partial charge in [0.05, 0.1) is 28.5 Å². The van der Waals surface area contributed by atoms with Crippen LogP contribution in [-0.4, -0.2) is 79.3 Å². The van der Waals surface area contributed by atoms with Gasteiger partial charge >= 0.3 is 6.09 Å². The van der Waals surface area contributed by atoms with Crippen molar-refractivity contribution < 1.29 is 27.1 Å². The van der Waals surface area contributed by atoms with E-state index in [9.17, 15) is 18.0 Å². The Morgan fingerprint density at radius 1 is 0.961 bits per heavy atom. The summed E-state index contributed by atoms with van der Waals surface area (Å²) in [5.74, 6) is -0.512. The normalized spacial score (nSPS) is 17.5. The molecule has 13 heteroatoms. The first-order valence-corrected chi connectivity index (χ1v) is 18.5. The number of anilines is 2. The molecule has 0 radical (unpaired) electrons. The molecule has 2 aromatic heterocycles. The topological polar surface area (TPSA) is 135 Å². The van der Waals surface area contributed by atoms with Crippen LogP contribution in [0.15, 0.2) is 102 Å². The molecule has 264 valence electrons. The maximum Gasteiger partial charge on any atom is 0.407 e. The van der Waals surface area contributed by atoms with Gasteiger partial charge in [-0.1, -0.05) is 73.7 Å². The average Bonchev–Trinajstić information content (AvgIpc) is 3.73. The number of rotatable bonds is 11. The molecule has 3 N–H and O–H groups in total. The van der Waals surface area contributed by atoms with Gasteiger partial charge in [0.2, 0.25) is 5.91 Å². The van der Waals surface area contributed by atoms with E-state index in [1.54, 1.807) is 24.3 Å². The quantitative estimate of drug-likeness (QED) is 0.152. The molecule has 11 nitrogen and oxygen atoms in total. The van der Waals surface area contributed by atoms with Gasteiger partial charge in [-0.05, 0) is 53.4 Å². The summed E-state index contributed by atoms with van der Waals surface area (Å²) in [6, 6.07) is 25.2. The minimum atomic E-state index is -3.98. The van der Waals surface area contributed by atoms with Crippen LogP contribution in [0.5, 0.6) is 0 Å². The van der Waals surface area contributed by atoms with E-state index in [4.69, 9.17) is 4.74 Å². The summed E-state index contributed by atoms with van der Waals surface area (Å²) in [6.07, 6.45) is 1.38. The lowest BCUT2D eigenvalue weighted by Gasteiger charge is -2.35. The molecule has 2 atom stereocenters. The average molecular weight is 711 g/mol. The lowest BCUT2D eigenvalue weighted by atomic mass is 9.98. The van der Waals surface area contributed by atoms with E-state index >= 15 is 4.39 Å². The number of nitrogens with zero attached hydrogens (tertiary/aromatic N) is 3. The Balaban J connectivity index is 1.03. The molecule has 1 fully saturated rings. The van der Waals surface area contributed by atoms with Crippen LogP contribution in [0.4, 0.5) is 20.6 Å². The molecular weight excluding hydrogens is 672 g/mol. The SMILES string of the molecule is CCN1CC[C@@H](Nc2c(NC(=O)CCNC(=O)OCC3c4ccccc4-c4ccccc43)cnc3c2ccn3S(=O)(=O)c2ccccc2)[C@@H](F)C1. The summed E-state index contributed by atoms with van der Waals surface area (Å²) in [4.78, 5) is 32.4. The van der Waals surface area contributed by atoms with Crippen LogP contribution in [0.1, 0.15) is 36.8 Å². The molecule has 0 unspecified atom stereocenters. The molecule has 3 aromatic carbocycles. The van der Waals surface area contributed by atoms with Gasteiger partial charge < -0.3 is 25.6 Å². The number of piperidine rings is 1. The Kier molecular flexibility index (Phi) is 9.74. The maximum absolute atomic E-state index is 15.4. The summed E-state index contributed by atoms with van der Waals surface area (Å²) < 4.78 is 49.1. The summed E-state index contributed by atoms with van der Waals surface area (Å²) in [7, 11) is -3.98. The second-order valence-electron chi connectivity index (χ2n) is 12.7. The molecule has 5 aromatic rings. The fraction of sp³-hybridized carbons (Fsp3) is 0.289. The number of aromatic nitrogens is 2. The number of carbonyl (C=O) groups is 2. The predicted octanol–water partition coefficient (Wildman–Crippen LogP) is 5.98. The minimum Gasteiger partial charge on any atom is -0.449 e. The maximum atomic E-state index is 15.4. The van der Waals surface area contributed by atoms with Crippen LogP contribution < -0.4 is 16.0 Å². The Morgan fingerprint density at radius 2 is 1.65 bits per heavy atom. The fourth-order valence-corrected chi connectivity index (χ4v) is 8.28. The largest absolute Gasteiger partial charge is 0.449 e. The van der Waals surface area contributed by atoms with Crippen LogP contribution in [0.2, 0.25) is 0 Å². The molecule has 0 spiro atoms. The first-order chi connectivity index (χ1) is 24.7. The highest BCUT2D eigenvalue weighted by atomic mass is 32.2. The van der Waals surface area contributed by atoms with Gasteiger partial charge in [-0.25, -0.2) is 26.6 Å². The lowest BCUT2D eigenvalue weighted by molar-refractivity contribution is -0.116. The number of alkyl halides is 1. The predicted molar refractivity (Wildman–Crippen MR) is 194 cm³/mol. The van der Waals surface area contributed by atoms with Crippen molar-refractivity contribution >= 4 is 44.4 Å². The van der Waals surface area contributed by atoms with Crippen molar-refractivity contribution in [3.63, 3.8) is 0 Å². The van der Waals surface area contributed by atoms with E-state index in [0.29, 0.717) is 24.0 Å². The summed E-state index contributed by atoms with van der Waals surface area (Å²) in [5.41, 5.74) is 5.24. The van der Waals surface area contributed by atoms with Gasteiger partial charge in [0, 0.05) is 43.6 Å². The van der Waals surface area contributed by atoms with Gasteiger partial charge in [0.1, 0.15) is 12.8 Å². The van der Waals surface area contributed by atoms with Gasteiger partial charge in [-0.15, -0.1) is 0 Å². The Bertz CT molecular complexity index is 2130. The molecule has 2 aliphatic rings. The molecule has 3 heterocycles. The monoisotopic (exact) mass is 710 g/mol. The first-order valence-electron chi connectivity index (χ1n) is 17.1. The molecule has 1 aliphatic heterocycles. The van der Waals surface area contributed by atoms with Crippen molar-refractivity contribution in [3.8, 4) is 11.1 Å². The van der Waals surface area contributed by atoms with Gasteiger partial charge in [0.25, 0.3) is 10.0 Å². The lowest BCUT2D eigenvalue weighted by Crippen LogP contribution is -2.47. The number of amides is 2. The van der Waals surface area contributed by atoms with Gasteiger partial charge in [-0.3, -0.25) is 4.79 Å². The zero-order valence-electron chi connectivity index (χ0n) is 28.1. The van der Waals surface area contributed by atoms with Crippen molar-refractivity contribution in [1.29, 1.82) is 0 Å². The molecule has 2 amide bonds. The van der Waals surface area contributed by atoms with Crippen molar-refractivity contribution in [3.05, 3.63) is 108 Å². The number of pyridine rings is 1. The number of likely N-dealkylation sites (tertiary alicyclic amines) is 1. The zero-order valence-corrected chi connectivity index (χ0v) is 28.9. The van der Waals surface area contributed by atoms with Crippen LogP contribution in [-0.2, 0) is 19.6 Å². The second kappa shape index (κ2) is 14.5. The molecule has 51 heavy (non-hydrogen) atoms. The molecule has 1 aliphatic carbocycles. The highest BCUT2D eigenvalue weighted by Crippen LogP contribution is 2.44. The Hall–Kier alpha value is -5.27. The van der Waals surface area contributed by atoms with E-state index in [1.165, 1.54) is 24.5 Å². The third-order valence-electron chi connectivity index (χ3n) is 9.62. The van der Waals surface area contributed by atoms with Crippen molar-refractivity contribution in [2.75, 3.05) is 43.4 Å². The molecule has 1 saturated heterocycles. The van der Waals surface area contributed by atoms with Crippen molar-refractivity contribution in [1.82, 2.24) is 19.2 Å². The second-order valence-corrected chi connectivity index (χ2v) is 14.5. The van der Waals surface area contributed by atoms with Crippen LogP contribution in [0.3, 0.4) is 0 Å². The summed E-state index contributed by atoms with van der Waals surface area (Å²) in [6.45, 7) is 3.83. The number of carbonyl (C=O) groups excluding carboxylic acids is 2. The Morgan fingerprint density at radius 3 is 2.33 bits per heavy atom. The van der Waals surface area contributed by atoms with Gasteiger partial charge in [-0.2, -0.15) is 0 Å². The smallest absolute Gasteiger partial charge is 0.407 e. The highest BCUT2D eigenvalue weighted by molar-refractivity contribution is 7.90. The first kappa shape index (κ1) is 34.2. The number of alkyl carbamates (subject to hydrolysis) is 1. The standard InChI is InChI=1S/C38H39FN6O5S/c1-2-44-20-18-33(32(39)23-44)43-36-30-17-21-45(51(48,49)25-10-4-3-5-11-25)37(30)41-22-34(36)42-35(46)16-19-40-38(47)50-24-31-28-14-8-6-12-26(28)27-13-7-9-15-29(27)31/h3-15,17,21-22,31-33H,2,16,18-20,23-24H2,1H3,(H,40,47)(H,41,43)(H,42,46)/t32-,33+/m0/s1. The van der Waals surface area contributed by atoms with E-state index < -0.39 is 34.2 Å². The highest BCUT2D eigenvalue weighted by Gasteiger charge is 2.31. The van der Waals surface area contributed by atoms with Gasteiger partial charge in [0.15, 0.2) is 5.65 Å². The van der Waals surface area contributed by atoms with E-state index in [1.807, 2.05) is 48.2 Å². The molecule has 0 saturated carbocycles. The number of ether oxygens (including phenoxy) is 1. The zero-order chi connectivity index (χ0) is 35.5. The van der Waals surface area contributed by atoms with Crippen LogP contribution in [0, 0.1) is 0 Å². The van der Waals surface area contributed by atoms with Crippen molar-refractivity contribution in [2.24, 2.45) is 0 Å². The number of halogens is 1. The van der Waals surface area contributed by atoms with E-state index in [2.05, 4.69) is 33.1 Å². The number of hydrogen-bond donors (Lipinski definition) is 3. The number of benzene rings is 3. The molecule has 7 rings (SSSR count). The van der Waals surface area contributed by atoms with E-state index in [0.717, 1.165) is 32.8 Å². The van der Waals surface area contributed by atoms with Crippen molar-refractivity contribution in [2.45, 2.75) is 42.8 Å². The number of nitrogens with one attached hydrogen (secondary N) is 3. The third kappa shape index (κ3) is 6.91. The number of fused-ring (bicyclic) bond motifs is 4. The van der Waals surface area contributed by atoms with E-state index in [-0.39, 0.29) is 48.3 Å². The minimum absolute atomic E-state index is 0.00860. The third-order valence-corrected chi connectivity index (χ3v) is 11.3.